The fraction of sp³-hybridized carbons (Fsp3) is 0.333. The van der Waals surface area contributed by atoms with Gasteiger partial charge in [0.2, 0.25) is 0 Å². The SMILES string of the molecule is Cc1cc(C(C)(C)c2cc(C)c(O)c(Nc3cc(C(C)(C)c4cc(C)c(N=O)c(C)c4)cc(C)c3N=O)c2)cc(C)c1O. The van der Waals surface area contributed by atoms with E-state index in [1.54, 1.807) is 0 Å². The van der Waals surface area contributed by atoms with E-state index in [-0.39, 0.29) is 17.2 Å². The van der Waals surface area contributed by atoms with Crippen molar-refractivity contribution in [3.8, 4) is 11.5 Å². The third-order valence-electron chi connectivity index (χ3n) is 8.92. The molecule has 0 aliphatic carbocycles. The molecule has 224 valence electrons. The van der Waals surface area contributed by atoms with Crippen molar-refractivity contribution in [2.24, 2.45) is 10.4 Å². The van der Waals surface area contributed by atoms with Crippen molar-refractivity contribution < 1.29 is 10.2 Å². The van der Waals surface area contributed by atoms with Crippen LogP contribution in [0.15, 0.2) is 58.9 Å². The number of nitrogens with one attached hydrogen (secondary N) is 1. The second kappa shape index (κ2) is 11.3. The summed E-state index contributed by atoms with van der Waals surface area (Å²) in [7, 11) is 0. The van der Waals surface area contributed by atoms with Crippen LogP contribution in [0.2, 0.25) is 0 Å². The van der Waals surface area contributed by atoms with Crippen LogP contribution in [0.3, 0.4) is 0 Å². The Hall–Kier alpha value is -4.52. The van der Waals surface area contributed by atoms with Crippen molar-refractivity contribution in [2.75, 3.05) is 5.32 Å². The number of benzene rings is 4. The molecule has 4 aromatic rings. The van der Waals surface area contributed by atoms with E-state index in [1.165, 1.54) is 0 Å². The molecule has 7 nitrogen and oxygen atoms in total. The molecule has 4 aromatic carbocycles. The molecule has 4 rings (SSSR count). The fourth-order valence-corrected chi connectivity index (χ4v) is 5.85. The van der Waals surface area contributed by atoms with Crippen LogP contribution in [-0.2, 0) is 10.8 Å². The molecule has 3 N–H and O–H groups in total. The quantitative estimate of drug-likeness (QED) is 0.142. The van der Waals surface area contributed by atoms with E-state index >= 15 is 0 Å². The van der Waals surface area contributed by atoms with E-state index in [9.17, 15) is 20.0 Å². The Balaban J connectivity index is 1.84. The average molecular weight is 580 g/mol. The number of aromatic hydroxyl groups is 2. The van der Waals surface area contributed by atoms with Crippen LogP contribution < -0.4 is 5.32 Å². The number of phenols is 2. The highest BCUT2D eigenvalue weighted by atomic mass is 16.3. The van der Waals surface area contributed by atoms with Crippen LogP contribution >= 0.6 is 0 Å². The smallest absolute Gasteiger partial charge is 0.141 e. The number of nitroso groups, excluding NO2 is 2. The highest BCUT2D eigenvalue weighted by Gasteiger charge is 2.29. The van der Waals surface area contributed by atoms with Gasteiger partial charge in [-0.1, -0.05) is 64.1 Å². The van der Waals surface area contributed by atoms with Gasteiger partial charge in [-0.15, -0.1) is 9.81 Å². The zero-order chi connectivity index (χ0) is 32.0. The summed E-state index contributed by atoms with van der Waals surface area (Å²) in [6, 6.07) is 15.7. The van der Waals surface area contributed by atoms with Crippen molar-refractivity contribution in [3.63, 3.8) is 0 Å². The normalized spacial score (nSPS) is 11.9. The number of anilines is 2. The van der Waals surface area contributed by atoms with E-state index in [1.807, 2.05) is 90.1 Å². The van der Waals surface area contributed by atoms with E-state index in [4.69, 9.17) is 0 Å². The maximum Gasteiger partial charge on any atom is 0.141 e. The second-order valence-electron chi connectivity index (χ2n) is 12.9. The first-order chi connectivity index (χ1) is 20.0. The first kappa shape index (κ1) is 31.4. The highest BCUT2D eigenvalue weighted by Crippen LogP contribution is 2.44. The molecular formula is C36H41N3O4. The van der Waals surface area contributed by atoms with E-state index in [0.29, 0.717) is 28.2 Å². The summed E-state index contributed by atoms with van der Waals surface area (Å²) in [5.41, 5.74) is 9.24. The summed E-state index contributed by atoms with van der Waals surface area (Å²) < 4.78 is 0. The van der Waals surface area contributed by atoms with Crippen LogP contribution in [0.4, 0.5) is 22.7 Å². The lowest BCUT2D eigenvalue weighted by Gasteiger charge is -2.30. The molecule has 7 heteroatoms. The van der Waals surface area contributed by atoms with Crippen molar-refractivity contribution >= 4 is 22.7 Å². The Morgan fingerprint density at radius 1 is 0.488 bits per heavy atom. The lowest BCUT2D eigenvalue weighted by molar-refractivity contribution is 0.465. The molecule has 0 aromatic heterocycles. The number of nitrogens with zero attached hydrogens (tertiary/aromatic N) is 2. The molecule has 0 aliphatic heterocycles. The van der Waals surface area contributed by atoms with Gasteiger partial charge < -0.3 is 15.5 Å². The summed E-state index contributed by atoms with van der Waals surface area (Å²) in [6.07, 6.45) is 0. The molecule has 0 saturated carbocycles. The Kier molecular flexibility index (Phi) is 8.25. The zero-order valence-corrected chi connectivity index (χ0v) is 26.7. The van der Waals surface area contributed by atoms with E-state index in [0.717, 1.165) is 44.5 Å². The van der Waals surface area contributed by atoms with Crippen LogP contribution in [-0.4, -0.2) is 10.2 Å². The van der Waals surface area contributed by atoms with Gasteiger partial charge in [-0.05, 0) is 120 Å². The van der Waals surface area contributed by atoms with Gasteiger partial charge in [0.25, 0.3) is 0 Å². The maximum atomic E-state index is 12.1. The van der Waals surface area contributed by atoms with Gasteiger partial charge in [-0.25, -0.2) is 0 Å². The molecular weight excluding hydrogens is 538 g/mol. The van der Waals surface area contributed by atoms with Crippen LogP contribution in [0.5, 0.6) is 11.5 Å². The Bertz CT molecular complexity index is 1720. The monoisotopic (exact) mass is 579 g/mol. The number of aryl methyl sites for hydroxylation is 6. The van der Waals surface area contributed by atoms with Gasteiger partial charge in [0.1, 0.15) is 22.9 Å². The third-order valence-corrected chi connectivity index (χ3v) is 8.92. The maximum absolute atomic E-state index is 12.1. The number of hydrogen-bond donors (Lipinski definition) is 3. The molecule has 43 heavy (non-hydrogen) atoms. The minimum absolute atomic E-state index is 0.0833. The number of hydrogen-bond acceptors (Lipinski definition) is 7. The Labute approximate surface area is 254 Å². The molecule has 0 spiro atoms. The molecule has 0 unspecified atom stereocenters. The molecule has 0 bridgehead atoms. The molecule has 0 saturated heterocycles. The summed E-state index contributed by atoms with van der Waals surface area (Å²) >= 11 is 0. The molecule has 0 atom stereocenters. The van der Waals surface area contributed by atoms with Gasteiger partial charge >= 0.3 is 0 Å². The summed E-state index contributed by atoms with van der Waals surface area (Å²) in [4.78, 5) is 23.4. The largest absolute Gasteiger partial charge is 0.507 e. The molecule has 0 amide bonds. The minimum Gasteiger partial charge on any atom is -0.507 e. The minimum atomic E-state index is -0.490. The average Bonchev–Trinajstić information content (AvgIpc) is 2.93. The van der Waals surface area contributed by atoms with Crippen LogP contribution in [0, 0.1) is 51.4 Å². The van der Waals surface area contributed by atoms with E-state index < -0.39 is 10.8 Å². The molecule has 0 fully saturated rings. The van der Waals surface area contributed by atoms with Crippen molar-refractivity contribution in [3.05, 3.63) is 114 Å². The number of phenolic OH excluding ortho intramolecular Hbond substituents is 2. The van der Waals surface area contributed by atoms with Gasteiger partial charge in [-0.3, -0.25) is 0 Å². The van der Waals surface area contributed by atoms with Crippen LogP contribution in [0.25, 0.3) is 0 Å². The van der Waals surface area contributed by atoms with Gasteiger partial charge in [0.15, 0.2) is 0 Å². The van der Waals surface area contributed by atoms with Gasteiger partial charge in [-0.2, -0.15) is 0 Å². The highest BCUT2D eigenvalue weighted by molar-refractivity contribution is 5.79. The van der Waals surface area contributed by atoms with Crippen molar-refractivity contribution in [2.45, 2.75) is 80.1 Å². The second-order valence-corrected chi connectivity index (χ2v) is 12.9. The van der Waals surface area contributed by atoms with E-state index in [2.05, 4.69) is 43.4 Å². The fourth-order valence-electron chi connectivity index (χ4n) is 5.85. The number of rotatable bonds is 8. The lowest BCUT2D eigenvalue weighted by atomic mass is 9.76. The molecule has 0 aliphatic rings. The Morgan fingerprint density at radius 2 is 0.814 bits per heavy atom. The Morgan fingerprint density at radius 3 is 1.23 bits per heavy atom. The predicted molar refractivity (Wildman–Crippen MR) is 176 cm³/mol. The molecule has 0 heterocycles. The van der Waals surface area contributed by atoms with Crippen molar-refractivity contribution in [1.29, 1.82) is 0 Å². The first-order valence-electron chi connectivity index (χ1n) is 14.4. The topological polar surface area (TPSA) is 111 Å². The summed E-state index contributed by atoms with van der Waals surface area (Å²) in [5.74, 6) is 0.373. The summed E-state index contributed by atoms with van der Waals surface area (Å²) in [5, 5.41) is 31.4. The first-order valence-corrected chi connectivity index (χ1v) is 14.4. The van der Waals surface area contributed by atoms with Crippen LogP contribution in [0.1, 0.15) is 83.3 Å². The van der Waals surface area contributed by atoms with Crippen molar-refractivity contribution in [1.82, 2.24) is 0 Å². The van der Waals surface area contributed by atoms with Gasteiger partial charge in [0.05, 0.1) is 11.4 Å². The standard InChI is InChI=1S/C36H41N3O4/c1-19-11-25(12-20(2)31(19)38-42)35(7,8)27-13-21(3)32(39-43)29(17-27)37-30-18-28(16-24(6)34(30)41)36(9,10)26-14-22(4)33(40)23(5)15-26/h11-18,37,40-41H,1-10H3. The summed E-state index contributed by atoms with van der Waals surface area (Å²) in [6.45, 7) is 19.6. The zero-order valence-electron chi connectivity index (χ0n) is 26.7. The van der Waals surface area contributed by atoms with Gasteiger partial charge in [0, 0.05) is 10.8 Å². The predicted octanol–water partition coefficient (Wildman–Crippen LogP) is 10.1. The molecule has 0 radical (unpaired) electrons. The third kappa shape index (κ3) is 5.64. The lowest BCUT2D eigenvalue weighted by Crippen LogP contribution is -2.20.